The Kier molecular flexibility index (Phi) is 2.86. The van der Waals surface area contributed by atoms with Gasteiger partial charge in [0.25, 0.3) is 0 Å². The van der Waals surface area contributed by atoms with E-state index in [1.54, 1.807) is 6.92 Å². The van der Waals surface area contributed by atoms with Crippen molar-refractivity contribution in [2.45, 2.75) is 26.2 Å². The maximum atomic E-state index is 10.8. The minimum Gasteiger partial charge on any atom is -0.493 e. The van der Waals surface area contributed by atoms with E-state index >= 15 is 0 Å². The topological polar surface area (TPSA) is 46.5 Å². The highest BCUT2D eigenvalue weighted by atomic mass is 16.5. The lowest BCUT2D eigenvalue weighted by Gasteiger charge is -2.12. The number of ether oxygens (including phenoxy) is 1. The zero-order chi connectivity index (χ0) is 11.7. The van der Waals surface area contributed by atoms with Gasteiger partial charge in [-0.15, -0.1) is 0 Å². The summed E-state index contributed by atoms with van der Waals surface area (Å²) in [5, 5.41) is 8.90. The van der Waals surface area contributed by atoms with E-state index in [-0.39, 0.29) is 11.8 Å². The lowest BCUT2D eigenvalue weighted by atomic mass is 9.90. The number of carboxylic acids is 1. The molecule has 0 saturated heterocycles. The van der Waals surface area contributed by atoms with E-state index in [4.69, 9.17) is 9.84 Å². The molecule has 0 amide bonds. The largest absolute Gasteiger partial charge is 0.493 e. The molecule has 1 aliphatic rings. The fourth-order valence-electron chi connectivity index (χ4n) is 2.12. The Morgan fingerprint density at radius 3 is 3.06 bits per heavy atom. The molecular formula is C13H16O3. The van der Waals surface area contributed by atoms with E-state index in [9.17, 15) is 4.79 Å². The molecule has 3 heteroatoms. The predicted octanol–water partition coefficient (Wildman–Crippen LogP) is 2.58. The van der Waals surface area contributed by atoms with Gasteiger partial charge in [0.2, 0.25) is 0 Å². The molecule has 0 saturated carbocycles. The molecule has 86 valence electrons. The van der Waals surface area contributed by atoms with Crippen molar-refractivity contribution in [1.29, 1.82) is 0 Å². The second kappa shape index (κ2) is 4.16. The third-order valence-electron chi connectivity index (χ3n) is 3.10. The van der Waals surface area contributed by atoms with Gasteiger partial charge in [-0.2, -0.15) is 0 Å². The SMILES string of the molecule is Cc1ccc2c(c1)C(CC(C)C(=O)O)CO2. The number of aryl methyl sites for hydroxylation is 1. The van der Waals surface area contributed by atoms with Crippen molar-refractivity contribution in [2.24, 2.45) is 5.92 Å². The molecule has 0 aromatic heterocycles. The van der Waals surface area contributed by atoms with Gasteiger partial charge in [0, 0.05) is 11.5 Å². The summed E-state index contributed by atoms with van der Waals surface area (Å²) in [6, 6.07) is 6.08. The van der Waals surface area contributed by atoms with Gasteiger partial charge in [0.1, 0.15) is 5.75 Å². The van der Waals surface area contributed by atoms with E-state index in [0.29, 0.717) is 13.0 Å². The highest BCUT2D eigenvalue weighted by molar-refractivity contribution is 5.69. The molecule has 1 N–H and O–H groups in total. The number of rotatable bonds is 3. The van der Waals surface area contributed by atoms with E-state index in [1.807, 2.05) is 19.1 Å². The summed E-state index contributed by atoms with van der Waals surface area (Å²) in [7, 11) is 0. The molecule has 1 aliphatic heterocycles. The maximum Gasteiger partial charge on any atom is 0.306 e. The molecule has 0 aliphatic carbocycles. The molecule has 1 heterocycles. The summed E-state index contributed by atoms with van der Waals surface area (Å²) in [5.74, 6) is 0.0790. The van der Waals surface area contributed by atoms with Gasteiger partial charge >= 0.3 is 5.97 Å². The molecule has 2 atom stereocenters. The predicted molar refractivity (Wildman–Crippen MR) is 60.8 cm³/mol. The van der Waals surface area contributed by atoms with E-state index in [1.165, 1.54) is 5.56 Å². The molecule has 0 fully saturated rings. The van der Waals surface area contributed by atoms with Crippen LogP contribution in [0.25, 0.3) is 0 Å². The van der Waals surface area contributed by atoms with Crippen LogP contribution in [0.2, 0.25) is 0 Å². The summed E-state index contributed by atoms with van der Waals surface area (Å²) in [6.07, 6.45) is 0.645. The van der Waals surface area contributed by atoms with E-state index < -0.39 is 5.97 Å². The van der Waals surface area contributed by atoms with Crippen molar-refractivity contribution >= 4 is 5.97 Å². The quantitative estimate of drug-likeness (QED) is 0.851. The average Bonchev–Trinajstić information content (AvgIpc) is 2.61. The standard InChI is InChI=1S/C13H16O3/c1-8-3-4-12-11(5-8)10(7-16-12)6-9(2)13(14)15/h3-5,9-10H,6-7H2,1-2H3,(H,14,15). The summed E-state index contributed by atoms with van der Waals surface area (Å²) in [4.78, 5) is 10.8. The Balaban J connectivity index is 2.17. The first-order valence-corrected chi connectivity index (χ1v) is 5.54. The summed E-state index contributed by atoms with van der Waals surface area (Å²) in [5.41, 5.74) is 2.35. The van der Waals surface area contributed by atoms with Crippen LogP contribution in [0.3, 0.4) is 0 Å². The lowest BCUT2D eigenvalue weighted by molar-refractivity contribution is -0.141. The van der Waals surface area contributed by atoms with Crippen molar-refractivity contribution < 1.29 is 14.6 Å². The van der Waals surface area contributed by atoms with Crippen molar-refractivity contribution in [2.75, 3.05) is 6.61 Å². The van der Waals surface area contributed by atoms with Crippen molar-refractivity contribution in [3.63, 3.8) is 0 Å². The fraction of sp³-hybridized carbons (Fsp3) is 0.462. The Morgan fingerprint density at radius 2 is 2.38 bits per heavy atom. The molecule has 16 heavy (non-hydrogen) atoms. The van der Waals surface area contributed by atoms with Gasteiger partial charge in [-0.3, -0.25) is 4.79 Å². The second-order valence-electron chi connectivity index (χ2n) is 4.52. The number of aliphatic carboxylic acids is 1. The minimum absolute atomic E-state index is 0.223. The van der Waals surface area contributed by atoms with Gasteiger partial charge in [-0.25, -0.2) is 0 Å². The Bertz CT molecular complexity index is 412. The molecule has 2 rings (SSSR count). The number of hydrogen-bond acceptors (Lipinski definition) is 2. The molecule has 3 nitrogen and oxygen atoms in total. The Hall–Kier alpha value is -1.51. The van der Waals surface area contributed by atoms with Crippen molar-refractivity contribution in [3.8, 4) is 5.75 Å². The van der Waals surface area contributed by atoms with Crippen LogP contribution >= 0.6 is 0 Å². The molecule has 1 aromatic carbocycles. The van der Waals surface area contributed by atoms with Crippen LogP contribution in [0, 0.1) is 12.8 Å². The zero-order valence-electron chi connectivity index (χ0n) is 9.56. The molecule has 0 bridgehead atoms. The highest BCUT2D eigenvalue weighted by Gasteiger charge is 2.27. The number of carbonyl (C=O) groups is 1. The highest BCUT2D eigenvalue weighted by Crippen LogP contribution is 2.37. The fourth-order valence-corrected chi connectivity index (χ4v) is 2.12. The van der Waals surface area contributed by atoms with E-state index in [0.717, 1.165) is 11.3 Å². The maximum absolute atomic E-state index is 10.8. The third kappa shape index (κ3) is 2.03. The Morgan fingerprint density at radius 1 is 1.62 bits per heavy atom. The van der Waals surface area contributed by atoms with Crippen LogP contribution in [0.1, 0.15) is 30.4 Å². The Labute approximate surface area is 95.0 Å². The van der Waals surface area contributed by atoms with Gasteiger partial charge in [0.05, 0.1) is 12.5 Å². The molecular weight excluding hydrogens is 204 g/mol. The lowest BCUT2D eigenvalue weighted by Crippen LogP contribution is -2.14. The van der Waals surface area contributed by atoms with Crippen LogP contribution < -0.4 is 4.74 Å². The number of hydrogen-bond donors (Lipinski definition) is 1. The van der Waals surface area contributed by atoms with Gasteiger partial charge in [-0.1, -0.05) is 24.6 Å². The van der Waals surface area contributed by atoms with Crippen LogP contribution in [-0.4, -0.2) is 17.7 Å². The number of benzene rings is 1. The first-order chi connectivity index (χ1) is 7.58. The molecule has 1 aromatic rings. The normalized spacial score (nSPS) is 20.0. The monoisotopic (exact) mass is 220 g/mol. The van der Waals surface area contributed by atoms with Gasteiger partial charge in [-0.05, 0) is 19.4 Å². The van der Waals surface area contributed by atoms with Crippen molar-refractivity contribution in [1.82, 2.24) is 0 Å². The third-order valence-corrected chi connectivity index (χ3v) is 3.10. The smallest absolute Gasteiger partial charge is 0.306 e. The molecule has 0 spiro atoms. The zero-order valence-corrected chi connectivity index (χ0v) is 9.56. The molecule has 0 radical (unpaired) electrons. The van der Waals surface area contributed by atoms with Crippen molar-refractivity contribution in [3.05, 3.63) is 29.3 Å². The first-order valence-electron chi connectivity index (χ1n) is 5.54. The van der Waals surface area contributed by atoms with Crippen LogP contribution in [0.4, 0.5) is 0 Å². The number of carboxylic acid groups (broad SMARTS) is 1. The average molecular weight is 220 g/mol. The van der Waals surface area contributed by atoms with Gasteiger partial charge < -0.3 is 9.84 Å². The summed E-state index contributed by atoms with van der Waals surface area (Å²) < 4.78 is 5.55. The minimum atomic E-state index is -0.735. The van der Waals surface area contributed by atoms with Crippen LogP contribution in [0.15, 0.2) is 18.2 Å². The number of fused-ring (bicyclic) bond motifs is 1. The summed E-state index contributed by atoms with van der Waals surface area (Å²) >= 11 is 0. The van der Waals surface area contributed by atoms with Gasteiger partial charge in [0.15, 0.2) is 0 Å². The second-order valence-corrected chi connectivity index (χ2v) is 4.52. The van der Waals surface area contributed by atoms with E-state index in [2.05, 4.69) is 6.07 Å². The first kappa shape index (κ1) is 11.0. The summed E-state index contributed by atoms with van der Waals surface area (Å²) in [6.45, 7) is 4.39. The van der Waals surface area contributed by atoms with Crippen LogP contribution in [-0.2, 0) is 4.79 Å². The van der Waals surface area contributed by atoms with Crippen LogP contribution in [0.5, 0.6) is 5.75 Å². The molecule has 2 unspecified atom stereocenters.